The molecule has 3 aromatic heterocycles. The van der Waals surface area contributed by atoms with Crippen molar-refractivity contribution in [3.63, 3.8) is 0 Å². The lowest BCUT2D eigenvalue weighted by molar-refractivity contribution is 0.0660. The highest BCUT2D eigenvalue weighted by Crippen LogP contribution is 2.36. The summed E-state index contributed by atoms with van der Waals surface area (Å²) in [6.07, 6.45) is 1.45. The third-order valence-electron chi connectivity index (χ3n) is 4.86. The number of halogens is 1. The average molecular weight is 443 g/mol. The highest BCUT2D eigenvalue weighted by molar-refractivity contribution is 7.19. The molecule has 0 aliphatic carbocycles. The van der Waals surface area contributed by atoms with Crippen LogP contribution in [0.25, 0.3) is 21.3 Å². The molecule has 0 unspecified atom stereocenters. The molecule has 6 nitrogen and oxygen atoms in total. The monoisotopic (exact) mass is 442 g/mol. The van der Waals surface area contributed by atoms with Crippen LogP contribution in [0, 0.1) is 6.92 Å². The first-order valence-corrected chi connectivity index (χ1v) is 10.7. The van der Waals surface area contributed by atoms with Crippen molar-refractivity contribution >= 4 is 39.1 Å². The summed E-state index contributed by atoms with van der Waals surface area (Å²) in [6.45, 7) is 4.12. The van der Waals surface area contributed by atoms with E-state index in [2.05, 4.69) is 0 Å². The third kappa shape index (κ3) is 3.66. The number of carbonyl (C=O) groups is 1. The first-order valence-electron chi connectivity index (χ1n) is 9.49. The molecule has 0 fully saturated rings. The van der Waals surface area contributed by atoms with Crippen LogP contribution >= 0.6 is 22.9 Å². The number of benzene rings is 1. The highest BCUT2D eigenvalue weighted by Gasteiger charge is 2.20. The van der Waals surface area contributed by atoms with E-state index in [1.807, 2.05) is 26.0 Å². The second kappa shape index (κ2) is 8.08. The molecule has 0 aliphatic rings. The van der Waals surface area contributed by atoms with Gasteiger partial charge in [0.15, 0.2) is 0 Å². The largest absolute Gasteiger partial charge is 0.475 e. The Hall–Kier alpha value is -2.90. The van der Waals surface area contributed by atoms with Crippen LogP contribution in [0.1, 0.15) is 40.4 Å². The zero-order chi connectivity index (χ0) is 21.4. The number of aryl methyl sites for hydroxylation is 2. The normalized spacial score (nSPS) is 11.3. The van der Waals surface area contributed by atoms with Crippen LogP contribution in [0.2, 0.25) is 5.02 Å². The number of fused-ring (bicyclic) bond motifs is 1. The van der Waals surface area contributed by atoms with Crippen LogP contribution in [0.15, 0.2) is 45.6 Å². The Kier molecular flexibility index (Phi) is 5.49. The number of nitrogens with zero attached hydrogens (tertiary/aromatic N) is 2. The maximum Gasteiger partial charge on any atom is 0.371 e. The first kappa shape index (κ1) is 20.4. The van der Waals surface area contributed by atoms with Crippen molar-refractivity contribution in [2.45, 2.75) is 33.2 Å². The van der Waals surface area contributed by atoms with Crippen LogP contribution in [0.5, 0.6) is 0 Å². The number of hydrogen-bond donors (Lipinski definition) is 1. The molecule has 0 saturated heterocycles. The van der Waals surface area contributed by atoms with Gasteiger partial charge in [-0.3, -0.25) is 9.36 Å². The second-order valence-corrected chi connectivity index (χ2v) is 8.60. The van der Waals surface area contributed by atoms with E-state index in [0.29, 0.717) is 33.2 Å². The lowest BCUT2D eigenvalue weighted by atomic mass is 10.0. The Morgan fingerprint density at radius 1 is 1.23 bits per heavy atom. The maximum absolute atomic E-state index is 13.6. The summed E-state index contributed by atoms with van der Waals surface area (Å²) in [4.78, 5) is 31.2. The molecule has 0 atom stereocenters. The van der Waals surface area contributed by atoms with Gasteiger partial charge in [-0.05, 0) is 43.2 Å². The van der Waals surface area contributed by atoms with E-state index in [9.17, 15) is 9.59 Å². The van der Waals surface area contributed by atoms with E-state index in [0.717, 1.165) is 22.4 Å². The quantitative estimate of drug-likeness (QED) is 0.433. The van der Waals surface area contributed by atoms with Gasteiger partial charge in [0.2, 0.25) is 5.76 Å². The fourth-order valence-electron chi connectivity index (χ4n) is 3.51. The smallest absolute Gasteiger partial charge is 0.371 e. The van der Waals surface area contributed by atoms with Gasteiger partial charge in [0.25, 0.3) is 5.56 Å². The number of hydrogen-bond acceptors (Lipinski definition) is 5. The Morgan fingerprint density at radius 2 is 1.97 bits per heavy atom. The van der Waals surface area contributed by atoms with Gasteiger partial charge in [0.05, 0.1) is 11.9 Å². The number of carboxylic acids is 1. The number of aromatic nitrogens is 2. The maximum atomic E-state index is 13.6. The molecule has 0 amide bonds. The Labute approximate surface area is 181 Å². The minimum absolute atomic E-state index is 0.124. The van der Waals surface area contributed by atoms with Crippen molar-refractivity contribution in [2.24, 2.45) is 0 Å². The number of aromatic carboxylic acids is 1. The van der Waals surface area contributed by atoms with Crippen molar-refractivity contribution in [3.05, 3.63) is 74.0 Å². The van der Waals surface area contributed by atoms with E-state index >= 15 is 0 Å². The summed E-state index contributed by atoms with van der Waals surface area (Å²) in [5.74, 6) is -0.244. The molecule has 8 heteroatoms. The van der Waals surface area contributed by atoms with Crippen LogP contribution in [0.4, 0.5) is 0 Å². The standard InChI is InChI=1S/C22H19ClN2O4S/c1-3-4-17-24-20-19(18(12(2)30-20)13-5-7-14(23)8-6-13)21(26)25(17)11-15-9-10-16(29-15)22(27)28/h5-10H,3-4,11H2,1-2H3,(H,27,28). The van der Waals surface area contributed by atoms with Gasteiger partial charge in [-0.25, -0.2) is 9.78 Å². The van der Waals surface area contributed by atoms with Crippen molar-refractivity contribution in [2.75, 3.05) is 0 Å². The summed E-state index contributed by atoms with van der Waals surface area (Å²) in [5.41, 5.74) is 1.60. The predicted molar refractivity (Wildman–Crippen MR) is 118 cm³/mol. The van der Waals surface area contributed by atoms with Gasteiger partial charge < -0.3 is 9.52 Å². The zero-order valence-corrected chi connectivity index (χ0v) is 18.0. The first-order chi connectivity index (χ1) is 14.4. The van der Waals surface area contributed by atoms with Crippen LogP contribution < -0.4 is 5.56 Å². The lowest BCUT2D eigenvalue weighted by Crippen LogP contribution is -2.25. The van der Waals surface area contributed by atoms with Gasteiger partial charge >= 0.3 is 5.97 Å². The van der Waals surface area contributed by atoms with Gasteiger partial charge in [-0.2, -0.15) is 0 Å². The number of carboxylic acid groups (broad SMARTS) is 1. The molecular formula is C22H19ClN2O4S. The Morgan fingerprint density at radius 3 is 2.60 bits per heavy atom. The van der Waals surface area contributed by atoms with E-state index < -0.39 is 5.97 Å². The second-order valence-electron chi connectivity index (χ2n) is 6.96. The minimum Gasteiger partial charge on any atom is -0.475 e. The van der Waals surface area contributed by atoms with Crippen molar-refractivity contribution in [1.29, 1.82) is 0 Å². The van der Waals surface area contributed by atoms with Crippen LogP contribution in [-0.2, 0) is 13.0 Å². The van der Waals surface area contributed by atoms with Crippen LogP contribution in [-0.4, -0.2) is 20.6 Å². The van der Waals surface area contributed by atoms with Crippen molar-refractivity contribution in [3.8, 4) is 11.1 Å². The summed E-state index contributed by atoms with van der Waals surface area (Å²) >= 11 is 7.53. The topological polar surface area (TPSA) is 85.3 Å². The molecule has 0 aliphatic heterocycles. The summed E-state index contributed by atoms with van der Waals surface area (Å²) < 4.78 is 6.97. The van der Waals surface area contributed by atoms with Gasteiger partial charge in [0, 0.05) is 21.9 Å². The SMILES string of the molecule is CCCc1nc2sc(C)c(-c3ccc(Cl)cc3)c2c(=O)n1Cc1ccc(C(=O)O)o1. The van der Waals surface area contributed by atoms with Gasteiger partial charge in [-0.15, -0.1) is 11.3 Å². The average Bonchev–Trinajstić information content (AvgIpc) is 3.30. The fourth-order valence-corrected chi connectivity index (χ4v) is 4.69. The summed E-state index contributed by atoms with van der Waals surface area (Å²) in [6, 6.07) is 10.4. The molecule has 0 saturated carbocycles. The summed E-state index contributed by atoms with van der Waals surface area (Å²) in [7, 11) is 0. The fraction of sp³-hybridized carbons (Fsp3) is 0.227. The predicted octanol–water partition coefficient (Wildman–Crippen LogP) is 5.38. The van der Waals surface area contributed by atoms with E-state index in [1.54, 1.807) is 22.8 Å². The molecule has 4 aromatic rings. The van der Waals surface area contributed by atoms with E-state index in [-0.39, 0.29) is 17.9 Å². The highest BCUT2D eigenvalue weighted by atomic mass is 35.5. The van der Waals surface area contributed by atoms with Gasteiger partial charge in [0.1, 0.15) is 16.4 Å². The molecule has 0 spiro atoms. The lowest BCUT2D eigenvalue weighted by Gasteiger charge is -2.11. The Balaban J connectivity index is 1.91. The summed E-state index contributed by atoms with van der Waals surface area (Å²) in [5, 5.41) is 10.3. The molecule has 3 heterocycles. The Bertz CT molecular complexity index is 1300. The molecule has 4 rings (SSSR count). The molecule has 1 aromatic carbocycles. The molecule has 30 heavy (non-hydrogen) atoms. The third-order valence-corrected chi connectivity index (χ3v) is 6.11. The van der Waals surface area contributed by atoms with Crippen LogP contribution in [0.3, 0.4) is 0 Å². The molecule has 154 valence electrons. The van der Waals surface area contributed by atoms with E-state index in [1.165, 1.54) is 17.4 Å². The van der Waals surface area contributed by atoms with Crippen molar-refractivity contribution < 1.29 is 14.3 Å². The molecule has 0 bridgehead atoms. The zero-order valence-electron chi connectivity index (χ0n) is 16.4. The van der Waals surface area contributed by atoms with Crippen molar-refractivity contribution in [1.82, 2.24) is 9.55 Å². The molecular weight excluding hydrogens is 424 g/mol. The molecule has 1 N–H and O–H groups in total. The van der Waals surface area contributed by atoms with E-state index in [4.69, 9.17) is 26.1 Å². The number of thiophene rings is 1. The number of furan rings is 1. The number of rotatable bonds is 6. The minimum atomic E-state index is -1.14. The van der Waals surface area contributed by atoms with Gasteiger partial charge in [-0.1, -0.05) is 30.7 Å². The molecule has 0 radical (unpaired) electrons.